The van der Waals surface area contributed by atoms with E-state index in [2.05, 4.69) is 20.9 Å². The molecular weight excluding hydrogens is 321 g/mol. The van der Waals surface area contributed by atoms with E-state index in [9.17, 15) is 4.39 Å². The smallest absolute Gasteiger partial charge is 0.145 e. The van der Waals surface area contributed by atoms with Crippen LogP contribution in [-0.4, -0.2) is 23.5 Å². The lowest BCUT2D eigenvalue weighted by molar-refractivity contribution is 0.628. The number of rotatable bonds is 2. The number of pyridine rings is 1. The minimum atomic E-state index is -0.248. The summed E-state index contributed by atoms with van der Waals surface area (Å²) in [5, 5.41) is 0. The molecule has 20 heavy (non-hydrogen) atoms. The summed E-state index contributed by atoms with van der Waals surface area (Å²) in [6, 6.07) is 10.4. The van der Waals surface area contributed by atoms with Crippen LogP contribution in [0.3, 0.4) is 0 Å². The van der Waals surface area contributed by atoms with Gasteiger partial charge in [-0.15, -0.1) is 0 Å². The Morgan fingerprint density at radius 1 is 1.10 bits per heavy atom. The molecule has 0 amide bonds. The molecule has 0 aliphatic heterocycles. The standard InChI is InChI=1S/C15H13BrFN3/c1-19(2)12-7-8-13-14(16)18-15(20(13)9-12)10-3-5-11(17)6-4-10/h3-9H,1-2H3. The molecule has 0 bridgehead atoms. The molecule has 1 aromatic carbocycles. The topological polar surface area (TPSA) is 20.5 Å². The van der Waals surface area contributed by atoms with Crippen LogP contribution in [0, 0.1) is 5.82 Å². The van der Waals surface area contributed by atoms with E-state index < -0.39 is 0 Å². The van der Waals surface area contributed by atoms with Crippen LogP contribution in [0.5, 0.6) is 0 Å². The van der Waals surface area contributed by atoms with Crippen LogP contribution in [0.4, 0.5) is 10.1 Å². The van der Waals surface area contributed by atoms with Gasteiger partial charge in [-0.05, 0) is 52.3 Å². The number of nitrogens with zero attached hydrogens (tertiary/aromatic N) is 3. The first-order valence-electron chi connectivity index (χ1n) is 6.17. The van der Waals surface area contributed by atoms with Gasteiger partial charge in [0, 0.05) is 25.9 Å². The minimum absolute atomic E-state index is 0.248. The highest BCUT2D eigenvalue weighted by Crippen LogP contribution is 2.28. The quantitative estimate of drug-likeness (QED) is 0.707. The van der Waals surface area contributed by atoms with Crippen molar-refractivity contribution in [3.8, 4) is 11.4 Å². The van der Waals surface area contributed by atoms with E-state index in [1.807, 2.05) is 41.7 Å². The second-order valence-electron chi connectivity index (χ2n) is 4.77. The van der Waals surface area contributed by atoms with Crippen molar-refractivity contribution in [2.75, 3.05) is 19.0 Å². The third kappa shape index (κ3) is 2.18. The number of benzene rings is 1. The van der Waals surface area contributed by atoms with E-state index in [-0.39, 0.29) is 5.82 Å². The van der Waals surface area contributed by atoms with E-state index in [1.54, 1.807) is 12.1 Å². The Morgan fingerprint density at radius 2 is 1.80 bits per heavy atom. The SMILES string of the molecule is CN(C)c1ccc2c(Br)nc(-c3ccc(F)cc3)n2c1. The van der Waals surface area contributed by atoms with Gasteiger partial charge in [-0.25, -0.2) is 9.37 Å². The number of fused-ring (bicyclic) bond motifs is 1. The lowest BCUT2D eigenvalue weighted by atomic mass is 10.2. The molecule has 0 fully saturated rings. The second-order valence-corrected chi connectivity index (χ2v) is 5.52. The maximum Gasteiger partial charge on any atom is 0.145 e. The van der Waals surface area contributed by atoms with Crippen LogP contribution in [0.2, 0.25) is 0 Å². The number of aromatic nitrogens is 2. The van der Waals surface area contributed by atoms with Crippen molar-refractivity contribution in [1.29, 1.82) is 0 Å². The fourth-order valence-electron chi connectivity index (χ4n) is 2.10. The first kappa shape index (κ1) is 13.1. The molecule has 2 aromatic heterocycles. The molecule has 0 radical (unpaired) electrons. The van der Waals surface area contributed by atoms with Gasteiger partial charge in [0.25, 0.3) is 0 Å². The summed E-state index contributed by atoms with van der Waals surface area (Å²) >= 11 is 3.47. The molecule has 102 valence electrons. The first-order chi connectivity index (χ1) is 9.56. The van der Waals surface area contributed by atoms with Gasteiger partial charge in [0.15, 0.2) is 0 Å². The first-order valence-corrected chi connectivity index (χ1v) is 6.96. The van der Waals surface area contributed by atoms with Gasteiger partial charge in [0.05, 0.1) is 11.2 Å². The van der Waals surface area contributed by atoms with Crippen LogP contribution in [0.1, 0.15) is 0 Å². The number of anilines is 1. The Labute approximate surface area is 124 Å². The number of imidazole rings is 1. The molecule has 0 saturated carbocycles. The largest absolute Gasteiger partial charge is 0.376 e. The summed E-state index contributed by atoms with van der Waals surface area (Å²) in [6.45, 7) is 0. The molecule has 0 spiro atoms. The predicted molar refractivity (Wildman–Crippen MR) is 82.6 cm³/mol. The van der Waals surface area contributed by atoms with Crippen molar-refractivity contribution >= 4 is 27.1 Å². The maximum absolute atomic E-state index is 13.0. The van der Waals surface area contributed by atoms with Gasteiger partial charge in [-0.2, -0.15) is 0 Å². The number of halogens is 2. The molecule has 0 aliphatic carbocycles. The third-order valence-corrected chi connectivity index (χ3v) is 3.78. The van der Waals surface area contributed by atoms with Gasteiger partial charge < -0.3 is 4.90 Å². The average molecular weight is 334 g/mol. The van der Waals surface area contributed by atoms with E-state index in [0.717, 1.165) is 27.2 Å². The zero-order valence-corrected chi connectivity index (χ0v) is 12.7. The molecule has 3 rings (SSSR count). The van der Waals surface area contributed by atoms with Crippen molar-refractivity contribution in [2.45, 2.75) is 0 Å². The molecule has 0 unspecified atom stereocenters. The van der Waals surface area contributed by atoms with Gasteiger partial charge in [0.2, 0.25) is 0 Å². The number of hydrogen-bond donors (Lipinski definition) is 0. The Balaban J connectivity index is 2.24. The van der Waals surface area contributed by atoms with Crippen molar-refractivity contribution in [1.82, 2.24) is 9.38 Å². The molecule has 0 saturated heterocycles. The third-order valence-electron chi connectivity index (χ3n) is 3.20. The highest BCUT2D eigenvalue weighted by atomic mass is 79.9. The summed E-state index contributed by atoms with van der Waals surface area (Å²) in [5.74, 6) is 0.540. The molecule has 0 aliphatic rings. The van der Waals surface area contributed by atoms with Gasteiger partial charge in [0.1, 0.15) is 16.2 Å². The predicted octanol–water partition coefficient (Wildman–Crippen LogP) is 3.97. The average Bonchev–Trinajstić information content (AvgIpc) is 2.76. The normalized spacial score (nSPS) is 11.0. The molecular formula is C15H13BrFN3. The molecule has 5 heteroatoms. The molecule has 0 atom stereocenters. The van der Waals surface area contributed by atoms with E-state index in [1.165, 1.54) is 12.1 Å². The van der Waals surface area contributed by atoms with Crippen LogP contribution >= 0.6 is 15.9 Å². The fraction of sp³-hybridized carbons (Fsp3) is 0.133. The van der Waals surface area contributed by atoms with E-state index in [4.69, 9.17) is 0 Å². The molecule has 3 nitrogen and oxygen atoms in total. The Morgan fingerprint density at radius 3 is 2.45 bits per heavy atom. The highest BCUT2D eigenvalue weighted by molar-refractivity contribution is 9.10. The summed E-state index contributed by atoms with van der Waals surface area (Å²) in [4.78, 5) is 6.56. The van der Waals surface area contributed by atoms with Crippen molar-refractivity contribution < 1.29 is 4.39 Å². The summed E-state index contributed by atoms with van der Waals surface area (Å²) in [5.41, 5.74) is 2.93. The highest BCUT2D eigenvalue weighted by Gasteiger charge is 2.12. The minimum Gasteiger partial charge on any atom is -0.376 e. The van der Waals surface area contributed by atoms with Crippen LogP contribution in [0.15, 0.2) is 47.2 Å². The van der Waals surface area contributed by atoms with Crippen LogP contribution in [0.25, 0.3) is 16.9 Å². The molecule has 0 N–H and O–H groups in total. The molecule has 3 aromatic rings. The zero-order chi connectivity index (χ0) is 14.3. The lowest BCUT2D eigenvalue weighted by Crippen LogP contribution is -2.09. The summed E-state index contributed by atoms with van der Waals surface area (Å²) < 4.78 is 15.8. The maximum atomic E-state index is 13.0. The molecule has 2 heterocycles. The Bertz CT molecular complexity index is 763. The van der Waals surface area contributed by atoms with E-state index >= 15 is 0 Å². The monoisotopic (exact) mass is 333 g/mol. The van der Waals surface area contributed by atoms with Crippen LogP contribution in [-0.2, 0) is 0 Å². The van der Waals surface area contributed by atoms with Crippen LogP contribution < -0.4 is 4.90 Å². The zero-order valence-electron chi connectivity index (χ0n) is 11.1. The van der Waals surface area contributed by atoms with Gasteiger partial charge in [-0.1, -0.05) is 0 Å². The summed E-state index contributed by atoms with van der Waals surface area (Å²) in [7, 11) is 3.98. The van der Waals surface area contributed by atoms with E-state index in [0.29, 0.717) is 0 Å². The van der Waals surface area contributed by atoms with Crippen molar-refractivity contribution in [2.24, 2.45) is 0 Å². The number of hydrogen-bond acceptors (Lipinski definition) is 2. The Kier molecular flexibility index (Phi) is 3.22. The van der Waals surface area contributed by atoms with Crippen molar-refractivity contribution in [3.63, 3.8) is 0 Å². The second kappa shape index (κ2) is 4.90. The summed E-state index contributed by atoms with van der Waals surface area (Å²) in [6.07, 6.45) is 2.02. The van der Waals surface area contributed by atoms with Gasteiger partial charge in [-0.3, -0.25) is 4.40 Å². The van der Waals surface area contributed by atoms with Crippen molar-refractivity contribution in [3.05, 3.63) is 53.0 Å². The lowest BCUT2D eigenvalue weighted by Gasteiger charge is -2.13. The Hall–Kier alpha value is -1.88. The van der Waals surface area contributed by atoms with Gasteiger partial charge >= 0.3 is 0 Å². The fourth-order valence-corrected chi connectivity index (χ4v) is 2.60.